The summed E-state index contributed by atoms with van der Waals surface area (Å²) in [5, 5.41) is 18.2. The molecule has 0 fully saturated rings. The van der Waals surface area contributed by atoms with Crippen LogP contribution in [-0.2, 0) is 13.2 Å². The van der Waals surface area contributed by atoms with E-state index in [1.54, 1.807) is 18.2 Å². The molecule has 0 amide bonds. The van der Waals surface area contributed by atoms with E-state index in [-0.39, 0.29) is 19.0 Å². The van der Waals surface area contributed by atoms with Gasteiger partial charge in [0.05, 0.1) is 13.2 Å². The van der Waals surface area contributed by atoms with Crippen molar-refractivity contribution in [3.63, 3.8) is 0 Å². The van der Waals surface area contributed by atoms with Gasteiger partial charge in [0.2, 0.25) is 0 Å². The SMILES string of the molecule is OCc1cc(CO)c(-c2cccc(F)c2)s1. The van der Waals surface area contributed by atoms with Gasteiger partial charge in [0.1, 0.15) is 5.82 Å². The third-order valence-corrected chi connectivity index (χ3v) is 3.48. The molecule has 0 bridgehead atoms. The van der Waals surface area contributed by atoms with Crippen LogP contribution in [0.2, 0.25) is 0 Å². The van der Waals surface area contributed by atoms with E-state index in [1.165, 1.54) is 23.5 Å². The van der Waals surface area contributed by atoms with Crippen molar-refractivity contribution in [3.8, 4) is 10.4 Å². The summed E-state index contributed by atoms with van der Waals surface area (Å²) in [6.45, 7) is -0.171. The molecule has 0 aliphatic carbocycles. The van der Waals surface area contributed by atoms with Gasteiger partial charge in [-0.05, 0) is 29.3 Å². The molecule has 4 heteroatoms. The molecule has 0 spiro atoms. The summed E-state index contributed by atoms with van der Waals surface area (Å²) in [7, 11) is 0. The third-order valence-electron chi connectivity index (χ3n) is 2.27. The van der Waals surface area contributed by atoms with E-state index in [0.29, 0.717) is 0 Å². The van der Waals surface area contributed by atoms with Crippen LogP contribution in [0.25, 0.3) is 10.4 Å². The normalized spacial score (nSPS) is 10.7. The summed E-state index contributed by atoms with van der Waals surface area (Å²) >= 11 is 1.37. The highest BCUT2D eigenvalue weighted by molar-refractivity contribution is 7.15. The number of hydrogen-bond acceptors (Lipinski definition) is 3. The van der Waals surface area contributed by atoms with Gasteiger partial charge in [0, 0.05) is 9.75 Å². The minimum Gasteiger partial charge on any atom is -0.392 e. The number of halogens is 1. The van der Waals surface area contributed by atoms with Crippen molar-refractivity contribution in [2.24, 2.45) is 0 Å². The van der Waals surface area contributed by atoms with Crippen molar-refractivity contribution in [2.75, 3.05) is 0 Å². The maximum atomic E-state index is 13.1. The molecule has 1 aromatic heterocycles. The van der Waals surface area contributed by atoms with Crippen molar-refractivity contribution >= 4 is 11.3 Å². The minimum absolute atomic E-state index is 0.0625. The van der Waals surface area contributed by atoms with E-state index in [9.17, 15) is 9.50 Å². The first-order chi connectivity index (χ1) is 7.74. The van der Waals surface area contributed by atoms with E-state index in [0.717, 1.165) is 20.9 Å². The second kappa shape index (κ2) is 4.74. The van der Waals surface area contributed by atoms with Crippen molar-refractivity contribution in [1.29, 1.82) is 0 Å². The highest BCUT2D eigenvalue weighted by atomic mass is 32.1. The molecule has 1 aromatic carbocycles. The van der Waals surface area contributed by atoms with E-state index in [2.05, 4.69) is 0 Å². The Morgan fingerprint density at radius 3 is 2.56 bits per heavy atom. The lowest BCUT2D eigenvalue weighted by molar-refractivity contribution is 0.279. The second-order valence-corrected chi connectivity index (χ2v) is 4.53. The molecule has 2 nitrogen and oxygen atoms in total. The zero-order valence-corrected chi connectivity index (χ0v) is 9.30. The Hall–Kier alpha value is -1.23. The van der Waals surface area contributed by atoms with Gasteiger partial charge in [-0.1, -0.05) is 12.1 Å². The van der Waals surface area contributed by atoms with Crippen LogP contribution in [-0.4, -0.2) is 10.2 Å². The van der Waals surface area contributed by atoms with Crippen molar-refractivity contribution < 1.29 is 14.6 Å². The predicted octanol–water partition coefficient (Wildman–Crippen LogP) is 2.54. The highest BCUT2D eigenvalue weighted by Crippen LogP contribution is 2.33. The van der Waals surface area contributed by atoms with E-state index in [1.807, 2.05) is 0 Å². The molecule has 0 unspecified atom stereocenters. The van der Waals surface area contributed by atoms with Crippen LogP contribution in [0.5, 0.6) is 0 Å². The summed E-state index contributed by atoms with van der Waals surface area (Å²) in [6, 6.07) is 7.96. The van der Waals surface area contributed by atoms with E-state index >= 15 is 0 Å². The Bertz CT molecular complexity index is 494. The average molecular weight is 238 g/mol. The van der Waals surface area contributed by atoms with Gasteiger partial charge in [-0.3, -0.25) is 0 Å². The van der Waals surface area contributed by atoms with Gasteiger partial charge in [0.15, 0.2) is 0 Å². The molecule has 16 heavy (non-hydrogen) atoms. The zero-order chi connectivity index (χ0) is 11.5. The van der Waals surface area contributed by atoms with Crippen molar-refractivity contribution in [1.82, 2.24) is 0 Å². The Kier molecular flexibility index (Phi) is 3.33. The molecule has 0 saturated carbocycles. The maximum Gasteiger partial charge on any atom is 0.123 e. The molecule has 1 heterocycles. The number of thiophene rings is 1. The number of rotatable bonds is 3. The summed E-state index contributed by atoms with van der Waals surface area (Å²) in [4.78, 5) is 1.58. The maximum absolute atomic E-state index is 13.1. The van der Waals surface area contributed by atoms with Crippen LogP contribution in [0.3, 0.4) is 0 Å². The Balaban J connectivity index is 2.50. The Morgan fingerprint density at radius 2 is 1.94 bits per heavy atom. The third kappa shape index (κ3) is 2.14. The molecule has 2 N–H and O–H groups in total. The topological polar surface area (TPSA) is 40.5 Å². The van der Waals surface area contributed by atoms with Gasteiger partial charge in [-0.25, -0.2) is 4.39 Å². The number of hydrogen-bond donors (Lipinski definition) is 2. The fourth-order valence-electron chi connectivity index (χ4n) is 1.56. The molecule has 2 aromatic rings. The lowest BCUT2D eigenvalue weighted by Gasteiger charge is -2.00. The van der Waals surface area contributed by atoms with Crippen molar-refractivity contribution in [3.05, 3.63) is 46.6 Å². The summed E-state index contributed by atoms with van der Waals surface area (Å²) in [6.07, 6.45) is 0. The smallest absolute Gasteiger partial charge is 0.123 e. The first kappa shape index (κ1) is 11.3. The van der Waals surface area contributed by atoms with Gasteiger partial charge in [0.25, 0.3) is 0 Å². The van der Waals surface area contributed by atoms with Crippen molar-refractivity contribution in [2.45, 2.75) is 13.2 Å². The van der Waals surface area contributed by atoms with Gasteiger partial charge in [-0.15, -0.1) is 11.3 Å². The number of aliphatic hydroxyl groups is 2. The predicted molar refractivity (Wildman–Crippen MR) is 61.6 cm³/mol. The van der Waals surface area contributed by atoms with Crippen LogP contribution >= 0.6 is 11.3 Å². The summed E-state index contributed by atoms with van der Waals surface area (Å²) < 4.78 is 13.1. The molecular weight excluding hydrogens is 227 g/mol. The average Bonchev–Trinajstić information content (AvgIpc) is 2.72. The Labute approximate surface area is 96.6 Å². The lowest BCUT2D eigenvalue weighted by atomic mass is 10.1. The first-order valence-electron chi connectivity index (χ1n) is 4.84. The fraction of sp³-hybridized carbons (Fsp3) is 0.167. The molecule has 2 rings (SSSR count). The van der Waals surface area contributed by atoms with Crippen LogP contribution in [0, 0.1) is 5.82 Å². The van der Waals surface area contributed by atoms with Gasteiger partial charge >= 0.3 is 0 Å². The van der Waals surface area contributed by atoms with Gasteiger partial charge in [-0.2, -0.15) is 0 Å². The zero-order valence-electron chi connectivity index (χ0n) is 8.48. The van der Waals surface area contributed by atoms with Crippen LogP contribution in [0.4, 0.5) is 4.39 Å². The largest absolute Gasteiger partial charge is 0.392 e. The summed E-state index contributed by atoms with van der Waals surface area (Å²) in [5.41, 5.74) is 1.45. The first-order valence-corrected chi connectivity index (χ1v) is 5.65. The molecule has 0 atom stereocenters. The molecule has 84 valence electrons. The summed E-state index contributed by atoms with van der Waals surface area (Å²) in [5.74, 6) is -0.305. The van der Waals surface area contributed by atoms with Gasteiger partial charge < -0.3 is 10.2 Å². The quantitative estimate of drug-likeness (QED) is 0.862. The standard InChI is InChI=1S/C12H11FO2S/c13-10-3-1-2-8(4-10)12-9(6-14)5-11(7-15)16-12/h1-5,14-15H,6-7H2. The molecule has 0 aliphatic heterocycles. The second-order valence-electron chi connectivity index (χ2n) is 3.39. The molecular formula is C12H11FO2S. The molecule has 0 saturated heterocycles. The lowest BCUT2D eigenvalue weighted by Crippen LogP contribution is -1.83. The monoisotopic (exact) mass is 238 g/mol. The minimum atomic E-state index is -0.305. The van der Waals surface area contributed by atoms with Crippen LogP contribution in [0.1, 0.15) is 10.4 Å². The van der Waals surface area contributed by atoms with E-state index in [4.69, 9.17) is 5.11 Å². The number of benzene rings is 1. The van der Waals surface area contributed by atoms with E-state index < -0.39 is 0 Å². The highest BCUT2D eigenvalue weighted by Gasteiger charge is 2.10. The van der Waals surface area contributed by atoms with Crippen LogP contribution < -0.4 is 0 Å². The fourth-order valence-corrected chi connectivity index (χ4v) is 2.58. The Morgan fingerprint density at radius 1 is 1.12 bits per heavy atom. The van der Waals surface area contributed by atoms with Crippen LogP contribution in [0.15, 0.2) is 30.3 Å². The molecule has 0 radical (unpaired) electrons. The number of aliphatic hydroxyl groups excluding tert-OH is 2. The molecule has 0 aliphatic rings.